The minimum Gasteiger partial charge on any atom is -0.497 e. The standard InChI is InChI=1S/C17H27N3O6S/c1-4-25-17(21)19-9-11-20(12-10-19)27(22,23)18(2)13-14-26-16-7-5-15(24-3)6-8-16/h5-8H,4,9-14H2,1-3H3. The molecule has 27 heavy (non-hydrogen) atoms. The minimum atomic E-state index is -3.60. The molecule has 0 spiro atoms. The Labute approximate surface area is 160 Å². The summed E-state index contributed by atoms with van der Waals surface area (Å²) in [5, 5.41) is 0. The van der Waals surface area contributed by atoms with Crippen molar-refractivity contribution in [2.75, 3.05) is 60.1 Å². The van der Waals surface area contributed by atoms with Gasteiger partial charge < -0.3 is 19.1 Å². The maximum atomic E-state index is 12.7. The molecule has 152 valence electrons. The monoisotopic (exact) mass is 401 g/mol. The van der Waals surface area contributed by atoms with E-state index in [0.717, 1.165) is 5.75 Å². The van der Waals surface area contributed by atoms with Gasteiger partial charge in [0.2, 0.25) is 0 Å². The van der Waals surface area contributed by atoms with Crippen LogP contribution in [0.3, 0.4) is 0 Å². The van der Waals surface area contributed by atoms with Crippen LogP contribution in [0.4, 0.5) is 4.79 Å². The molecule has 1 fully saturated rings. The van der Waals surface area contributed by atoms with E-state index in [0.29, 0.717) is 25.4 Å². The smallest absolute Gasteiger partial charge is 0.409 e. The molecule has 1 aromatic carbocycles. The molecule has 0 saturated carbocycles. The topological polar surface area (TPSA) is 88.6 Å². The summed E-state index contributed by atoms with van der Waals surface area (Å²) in [7, 11) is -0.497. The number of carbonyl (C=O) groups is 1. The average Bonchev–Trinajstić information content (AvgIpc) is 2.68. The number of hydrogen-bond acceptors (Lipinski definition) is 6. The van der Waals surface area contributed by atoms with Gasteiger partial charge in [-0.05, 0) is 31.2 Å². The number of hydrogen-bond donors (Lipinski definition) is 0. The van der Waals surface area contributed by atoms with E-state index in [-0.39, 0.29) is 26.2 Å². The van der Waals surface area contributed by atoms with E-state index < -0.39 is 16.3 Å². The first kappa shape index (κ1) is 21.3. The van der Waals surface area contributed by atoms with Gasteiger partial charge in [0.05, 0.1) is 13.7 Å². The highest BCUT2D eigenvalue weighted by molar-refractivity contribution is 7.86. The van der Waals surface area contributed by atoms with Crippen molar-refractivity contribution >= 4 is 16.3 Å². The van der Waals surface area contributed by atoms with Crippen molar-refractivity contribution < 1.29 is 27.4 Å². The Balaban J connectivity index is 1.80. The highest BCUT2D eigenvalue weighted by Gasteiger charge is 2.32. The third-order valence-electron chi connectivity index (χ3n) is 4.22. The van der Waals surface area contributed by atoms with E-state index in [2.05, 4.69) is 0 Å². The molecule has 2 rings (SSSR count). The maximum absolute atomic E-state index is 12.7. The summed E-state index contributed by atoms with van der Waals surface area (Å²) in [5.41, 5.74) is 0. The molecule has 1 saturated heterocycles. The first-order valence-corrected chi connectivity index (χ1v) is 10.2. The van der Waals surface area contributed by atoms with Crippen molar-refractivity contribution in [3.63, 3.8) is 0 Å². The van der Waals surface area contributed by atoms with Crippen LogP contribution in [0.25, 0.3) is 0 Å². The predicted molar refractivity (Wildman–Crippen MR) is 100 cm³/mol. The Morgan fingerprint density at radius 1 is 1.11 bits per heavy atom. The Hall–Kier alpha value is -2.04. The van der Waals surface area contributed by atoms with Crippen molar-refractivity contribution in [3.8, 4) is 11.5 Å². The Morgan fingerprint density at radius 3 is 2.26 bits per heavy atom. The second-order valence-electron chi connectivity index (χ2n) is 5.94. The molecular weight excluding hydrogens is 374 g/mol. The number of ether oxygens (including phenoxy) is 3. The van der Waals surface area contributed by atoms with Gasteiger partial charge in [0.15, 0.2) is 0 Å². The molecule has 1 aromatic rings. The molecule has 0 aromatic heterocycles. The lowest BCUT2D eigenvalue weighted by Crippen LogP contribution is -2.54. The molecule has 9 nitrogen and oxygen atoms in total. The van der Waals surface area contributed by atoms with Crippen LogP contribution >= 0.6 is 0 Å². The third-order valence-corrected chi connectivity index (χ3v) is 6.21. The van der Waals surface area contributed by atoms with Gasteiger partial charge in [-0.2, -0.15) is 17.0 Å². The summed E-state index contributed by atoms with van der Waals surface area (Å²) in [6.07, 6.45) is -0.407. The molecule has 0 atom stereocenters. The van der Waals surface area contributed by atoms with Gasteiger partial charge in [-0.3, -0.25) is 0 Å². The van der Waals surface area contributed by atoms with Crippen molar-refractivity contribution in [1.82, 2.24) is 13.5 Å². The summed E-state index contributed by atoms with van der Waals surface area (Å²) in [6, 6.07) is 7.08. The highest BCUT2D eigenvalue weighted by atomic mass is 32.2. The number of benzene rings is 1. The van der Waals surface area contributed by atoms with Gasteiger partial charge in [0.1, 0.15) is 18.1 Å². The van der Waals surface area contributed by atoms with Gasteiger partial charge in [0.25, 0.3) is 10.2 Å². The lowest BCUT2D eigenvalue weighted by molar-refractivity contribution is 0.0925. The SMILES string of the molecule is CCOC(=O)N1CCN(S(=O)(=O)N(C)CCOc2ccc(OC)cc2)CC1. The Kier molecular flexibility index (Phi) is 7.69. The third kappa shape index (κ3) is 5.72. The summed E-state index contributed by atoms with van der Waals surface area (Å²) < 4.78 is 43.6. The average molecular weight is 401 g/mol. The molecule has 0 N–H and O–H groups in total. The van der Waals surface area contributed by atoms with Crippen molar-refractivity contribution in [2.24, 2.45) is 0 Å². The highest BCUT2D eigenvalue weighted by Crippen LogP contribution is 2.17. The number of likely N-dealkylation sites (N-methyl/N-ethyl adjacent to an activating group) is 1. The number of methoxy groups -OCH3 is 1. The van der Waals surface area contributed by atoms with E-state index in [1.54, 1.807) is 38.3 Å². The van der Waals surface area contributed by atoms with Gasteiger partial charge in [-0.25, -0.2) is 4.79 Å². The van der Waals surface area contributed by atoms with Crippen LogP contribution in [0.1, 0.15) is 6.92 Å². The zero-order valence-corrected chi connectivity index (χ0v) is 16.8. The molecule has 1 heterocycles. The van der Waals surface area contributed by atoms with Crippen molar-refractivity contribution in [3.05, 3.63) is 24.3 Å². The summed E-state index contributed by atoms with van der Waals surface area (Å²) >= 11 is 0. The van der Waals surface area contributed by atoms with Gasteiger partial charge in [0, 0.05) is 39.8 Å². The number of carbonyl (C=O) groups excluding carboxylic acids is 1. The molecular formula is C17H27N3O6S. The fourth-order valence-corrected chi connectivity index (χ4v) is 3.92. The van der Waals surface area contributed by atoms with Crippen LogP contribution in [0.5, 0.6) is 11.5 Å². The van der Waals surface area contributed by atoms with Crippen LogP contribution in [0.2, 0.25) is 0 Å². The van der Waals surface area contributed by atoms with Crippen molar-refractivity contribution in [1.29, 1.82) is 0 Å². The largest absolute Gasteiger partial charge is 0.497 e. The van der Waals surface area contributed by atoms with Gasteiger partial charge >= 0.3 is 6.09 Å². The van der Waals surface area contributed by atoms with Crippen LogP contribution in [-0.4, -0.2) is 88.1 Å². The Bertz CT molecular complexity index is 702. The van der Waals surface area contributed by atoms with E-state index in [1.807, 2.05) is 0 Å². The molecule has 0 unspecified atom stereocenters. The minimum absolute atomic E-state index is 0.215. The summed E-state index contributed by atoms with van der Waals surface area (Å²) in [6.45, 7) is 3.59. The second-order valence-corrected chi connectivity index (χ2v) is 7.97. The van der Waals surface area contributed by atoms with Gasteiger partial charge in [-0.15, -0.1) is 0 Å². The lowest BCUT2D eigenvalue weighted by atomic mass is 10.3. The van der Waals surface area contributed by atoms with Crippen LogP contribution in [-0.2, 0) is 14.9 Å². The fraction of sp³-hybridized carbons (Fsp3) is 0.588. The predicted octanol–water partition coefficient (Wildman–Crippen LogP) is 1.02. The zero-order valence-electron chi connectivity index (χ0n) is 16.0. The quantitative estimate of drug-likeness (QED) is 0.646. The van der Waals surface area contributed by atoms with Crippen LogP contribution < -0.4 is 9.47 Å². The van der Waals surface area contributed by atoms with E-state index in [4.69, 9.17) is 14.2 Å². The lowest BCUT2D eigenvalue weighted by Gasteiger charge is -2.35. The fourth-order valence-electron chi connectivity index (χ4n) is 2.59. The molecule has 1 aliphatic rings. The van der Waals surface area contributed by atoms with E-state index in [9.17, 15) is 13.2 Å². The second kappa shape index (κ2) is 9.77. The summed E-state index contributed by atoms with van der Waals surface area (Å²) in [5.74, 6) is 1.37. The number of piperazine rings is 1. The molecule has 10 heteroatoms. The molecule has 1 aliphatic heterocycles. The van der Waals surface area contributed by atoms with Crippen molar-refractivity contribution in [2.45, 2.75) is 6.92 Å². The normalized spacial score (nSPS) is 15.6. The molecule has 0 radical (unpaired) electrons. The first-order valence-electron chi connectivity index (χ1n) is 8.78. The first-order chi connectivity index (χ1) is 12.9. The zero-order chi connectivity index (χ0) is 19.9. The Morgan fingerprint density at radius 2 is 1.70 bits per heavy atom. The van der Waals surface area contributed by atoms with Crippen LogP contribution in [0, 0.1) is 0 Å². The number of rotatable bonds is 8. The van der Waals surface area contributed by atoms with E-state index >= 15 is 0 Å². The van der Waals surface area contributed by atoms with Gasteiger partial charge in [-0.1, -0.05) is 0 Å². The number of nitrogens with zero attached hydrogens (tertiary/aromatic N) is 3. The summed E-state index contributed by atoms with van der Waals surface area (Å²) in [4.78, 5) is 13.2. The van der Waals surface area contributed by atoms with Crippen LogP contribution in [0.15, 0.2) is 24.3 Å². The molecule has 0 aliphatic carbocycles. The molecule has 1 amide bonds. The number of amides is 1. The maximum Gasteiger partial charge on any atom is 0.409 e. The van der Waals surface area contributed by atoms with E-state index in [1.165, 1.54) is 20.6 Å². The molecule has 0 bridgehead atoms.